The first-order valence-electron chi connectivity index (χ1n) is 9.70. The summed E-state index contributed by atoms with van der Waals surface area (Å²) in [5.41, 5.74) is 2.35. The zero-order valence-corrected chi connectivity index (χ0v) is 18.7. The van der Waals surface area contributed by atoms with Crippen LogP contribution in [0.15, 0.2) is 29.3 Å². The van der Waals surface area contributed by atoms with Gasteiger partial charge in [0.25, 0.3) is 0 Å². The van der Waals surface area contributed by atoms with E-state index in [-0.39, 0.29) is 6.04 Å². The van der Waals surface area contributed by atoms with Gasteiger partial charge in [0.1, 0.15) is 5.75 Å². The van der Waals surface area contributed by atoms with E-state index in [1.807, 2.05) is 12.1 Å². The van der Waals surface area contributed by atoms with Crippen LogP contribution in [0.2, 0.25) is 0 Å². The van der Waals surface area contributed by atoms with Gasteiger partial charge in [-0.05, 0) is 52.6 Å². The molecule has 154 valence electrons. The number of aliphatic imine (C=N–C) groups is 1. The zero-order chi connectivity index (χ0) is 20.5. The van der Waals surface area contributed by atoms with E-state index in [4.69, 9.17) is 9.73 Å². The maximum atomic E-state index is 5.26. The van der Waals surface area contributed by atoms with Crippen LogP contribution < -0.4 is 15.4 Å². The van der Waals surface area contributed by atoms with E-state index in [0.29, 0.717) is 6.54 Å². The molecule has 0 aliphatic heterocycles. The van der Waals surface area contributed by atoms with Crippen LogP contribution in [-0.2, 0) is 6.42 Å². The van der Waals surface area contributed by atoms with Crippen molar-refractivity contribution in [3.05, 3.63) is 45.4 Å². The number of ether oxygens (including phenoxy) is 1. The topological polar surface area (TPSA) is 61.8 Å². The van der Waals surface area contributed by atoms with Crippen LogP contribution in [0.25, 0.3) is 0 Å². The van der Waals surface area contributed by atoms with E-state index < -0.39 is 0 Å². The highest BCUT2D eigenvalue weighted by Crippen LogP contribution is 2.21. The molecule has 0 spiro atoms. The molecular weight excluding hydrogens is 370 g/mol. The molecule has 1 atom stereocenters. The molecule has 0 saturated heterocycles. The maximum Gasteiger partial charge on any atom is 0.191 e. The van der Waals surface area contributed by atoms with Crippen molar-refractivity contribution in [2.45, 2.75) is 33.2 Å². The van der Waals surface area contributed by atoms with Crippen molar-refractivity contribution >= 4 is 17.3 Å². The number of hydrogen-bond donors (Lipinski definition) is 2. The summed E-state index contributed by atoms with van der Waals surface area (Å²) in [6.07, 6.45) is 0.902. The third kappa shape index (κ3) is 6.49. The van der Waals surface area contributed by atoms with E-state index in [2.05, 4.69) is 67.5 Å². The molecule has 0 amide bonds. The fraction of sp³-hybridized carbons (Fsp3) is 0.524. The summed E-state index contributed by atoms with van der Waals surface area (Å²) < 4.78 is 5.26. The van der Waals surface area contributed by atoms with Crippen LogP contribution in [0.3, 0.4) is 0 Å². The van der Waals surface area contributed by atoms with E-state index in [1.54, 1.807) is 18.4 Å². The highest BCUT2D eigenvalue weighted by molar-refractivity contribution is 7.11. The van der Waals surface area contributed by atoms with E-state index in [0.717, 1.165) is 36.9 Å². The molecule has 1 aromatic carbocycles. The normalized spacial score (nSPS) is 12.9. The van der Waals surface area contributed by atoms with Crippen molar-refractivity contribution < 1.29 is 4.74 Å². The van der Waals surface area contributed by atoms with Gasteiger partial charge >= 0.3 is 0 Å². The number of methoxy groups -OCH3 is 1. The molecule has 1 unspecified atom stereocenters. The summed E-state index contributed by atoms with van der Waals surface area (Å²) in [5.74, 6) is 1.71. The molecular formula is C21H33N5OS. The Labute approximate surface area is 173 Å². The molecule has 2 N–H and O–H groups in total. The summed E-state index contributed by atoms with van der Waals surface area (Å²) in [6, 6.07) is 8.40. The Hall–Kier alpha value is -2.12. The predicted octanol–water partition coefficient (Wildman–Crippen LogP) is 3.17. The average Bonchev–Trinajstić information content (AvgIpc) is 2.99. The second kappa shape index (κ2) is 11.0. The van der Waals surface area contributed by atoms with Crippen LogP contribution in [0.5, 0.6) is 5.75 Å². The lowest BCUT2D eigenvalue weighted by Crippen LogP contribution is -2.39. The number of nitrogens with zero attached hydrogens (tertiary/aromatic N) is 3. The van der Waals surface area contributed by atoms with Gasteiger partial charge in [-0.25, -0.2) is 4.98 Å². The van der Waals surface area contributed by atoms with Gasteiger partial charge in [-0.3, -0.25) is 4.99 Å². The lowest BCUT2D eigenvalue weighted by molar-refractivity contribution is 0.306. The highest BCUT2D eigenvalue weighted by Gasteiger charge is 2.14. The van der Waals surface area contributed by atoms with Gasteiger partial charge in [0.15, 0.2) is 5.96 Å². The van der Waals surface area contributed by atoms with Crippen molar-refractivity contribution in [2.24, 2.45) is 4.99 Å². The Bertz CT molecular complexity index is 735. The van der Waals surface area contributed by atoms with Gasteiger partial charge in [0, 0.05) is 24.4 Å². The zero-order valence-electron chi connectivity index (χ0n) is 17.9. The minimum atomic E-state index is 0.200. The quantitative estimate of drug-likeness (QED) is 0.497. The van der Waals surface area contributed by atoms with Gasteiger partial charge < -0.3 is 20.3 Å². The second-order valence-corrected chi connectivity index (χ2v) is 8.19. The minimum absolute atomic E-state index is 0.200. The third-order valence-corrected chi connectivity index (χ3v) is 5.73. The standard InChI is InChI=1S/C21H33N5OS/c1-7-22-21(23-13-12-20-25-15(2)16(3)28-20)24-14-19(26(4)5)17-8-10-18(27-6)11-9-17/h8-11,19H,7,12-14H2,1-6H3,(H2,22,23,24). The number of aryl methyl sites for hydroxylation is 2. The Kier molecular flexibility index (Phi) is 8.73. The van der Waals surface area contributed by atoms with Crippen molar-refractivity contribution in [3.8, 4) is 5.75 Å². The molecule has 2 rings (SSSR count). The van der Waals surface area contributed by atoms with Gasteiger partial charge in [-0.15, -0.1) is 11.3 Å². The number of rotatable bonds is 9. The number of benzene rings is 1. The van der Waals surface area contributed by atoms with Crippen LogP contribution in [0.4, 0.5) is 0 Å². The SMILES string of the molecule is CCNC(=NCC(c1ccc(OC)cc1)N(C)C)NCCc1nc(C)c(C)s1. The summed E-state index contributed by atoms with van der Waals surface area (Å²) in [6.45, 7) is 8.58. The highest BCUT2D eigenvalue weighted by atomic mass is 32.1. The van der Waals surface area contributed by atoms with Crippen molar-refractivity contribution in [3.63, 3.8) is 0 Å². The van der Waals surface area contributed by atoms with Gasteiger partial charge in [0.05, 0.1) is 30.4 Å². The van der Waals surface area contributed by atoms with Crippen molar-refractivity contribution in [1.82, 2.24) is 20.5 Å². The molecule has 6 nitrogen and oxygen atoms in total. The molecule has 1 heterocycles. The molecule has 0 saturated carbocycles. The van der Waals surface area contributed by atoms with Crippen LogP contribution in [-0.4, -0.2) is 56.7 Å². The molecule has 2 aromatic rings. The molecule has 0 radical (unpaired) electrons. The molecule has 7 heteroatoms. The van der Waals surface area contributed by atoms with E-state index in [1.165, 1.54) is 15.4 Å². The van der Waals surface area contributed by atoms with Gasteiger partial charge in [0.2, 0.25) is 0 Å². The fourth-order valence-electron chi connectivity index (χ4n) is 2.85. The summed E-state index contributed by atoms with van der Waals surface area (Å²) in [7, 11) is 5.85. The largest absolute Gasteiger partial charge is 0.497 e. The molecule has 0 bridgehead atoms. The lowest BCUT2D eigenvalue weighted by Gasteiger charge is -2.24. The summed E-state index contributed by atoms with van der Waals surface area (Å²) in [4.78, 5) is 12.9. The average molecular weight is 404 g/mol. The van der Waals surface area contributed by atoms with Crippen LogP contribution in [0.1, 0.15) is 34.1 Å². The first-order chi connectivity index (χ1) is 13.4. The monoisotopic (exact) mass is 403 g/mol. The first kappa shape index (κ1) is 22.2. The predicted molar refractivity (Wildman–Crippen MR) is 119 cm³/mol. The third-order valence-electron chi connectivity index (χ3n) is 4.59. The number of nitrogens with one attached hydrogen (secondary N) is 2. The number of aromatic nitrogens is 1. The van der Waals surface area contributed by atoms with Gasteiger partial charge in [-0.2, -0.15) is 0 Å². The Morgan fingerprint density at radius 1 is 1.21 bits per heavy atom. The fourth-order valence-corrected chi connectivity index (χ4v) is 3.78. The maximum absolute atomic E-state index is 5.26. The number of likely N-dealkylation sites (N-methyl/N-ethyl adjacent to an activating group) is 1. The van der Waals surface area contributed by atoms with E-state index >= 15 is 0 Å². The Morgan fingerprint density at radius 2 is 1.93 bits per heavy atom. The van der Waals surface area contributed by atoms with Crippen LogP contribution in [0, 0.1) is 13.8 Å². The number of thiazole rings is 1. The smallest absolute Gasteiger partial charge is 0.191 e. The van der Waals surface area contributed by atoms with Crippen molar-refractivity contribution in [1.29, 1.82) is 0 Å². The van der Waals surface area contributed by atoms with E-state index in [9.17, 15) is 0 Å². The molecule has 28 heavy (non-hydrogen) atoms. The molecule has 0 aliphatic rings. The summed E-state index contributed by atoms with van der Waals surface area (Å²) in [5, 5.41) is 7.93. The summed E-state index contributed by atoms with van der Waals surface area (Å²) >= 11 is 1.77. The lowest BCUT2D eigenvalue weighted by atomic mass is 10.1. The minimum Gasteiger partial charge on any atom is -0.497 e. The number of hydrogen-bond acceptors (Lipinski definition) is 5. The van der Waals surface area contributed by atoms with Crippen LogP contribution >= 0.6 is 11.3 Å². The number of guanidine groups is 1. The molecule has 0 fully saturated rings. The second-order valence-electron chi connectivity index (χ2n) is 6.90. The Balaban J connectivity index is 1.99. The first-order valence-corrected chi connectivity index (χ1v) is 10.5. The molecule has 0 aliphatic carbocycles. The Morgan fingerprint density at radius 3 is 2.46 bits per heavy atom. The van der Waals surface area contributed by atoms with Gasteiger partial charge in [-0.1, -0.05) is 12.1 Å². The van der Waals surface area contributed by atoms with Crippen molar-refractivity contribution in [2.75, 3.05) is 40.8 Å². The molecule has 1 aromatic heterocycles.